The summed E-state index contributed by atoms with van der Waals surface area (Å²) < 4.78 is 26.0. The molecule has 0 radical (unpaired) electrons. The summed E-state index contributed by atoms with van der Waals surface area (Å²) in [5.41, 5.74) is 0. The lowest BCUT2D eigenvalue weighted by Crippen LogP contribution is -2.61. The number of likely N-dealkylation sites (N-methyl/N-ethyl adjacent to an activating group) is 1. The summed E-state index contributed by atoms with van der Waals surface area (Å²) in [6.07, 6.45) is 0. The Kier molecular flexibility index (Phi) is 2.72. The van der Waals surface area contributed by atoms with E-state index in [-0.39, 0.29) is 0 Å². The van der Waals surface area contributed by atoms with E-state index in [1.165, 1.54) is 11.4 Å². The maximum Gasteiger partial charge on any atom is 0.279 e. The molecule has 0 saturated carbocycles. The van der Waals surface area contributed by atoms with Crippen molar-refractivity contribution in [2.75, 3.05) is 34.2 Å². The molecule has 0 aromatic rings. The lowest BCUT2D eigenvalue weighted by molar-refractivity contribution is 0.133. The van der Waals surface area contributed by atoms with Crippen LogP contribution in [0, 0.1) is 0 Å². The second kappa shape index (κ2) is 3.29. The Morgan fingerprint density at radius 2 is 1.92 bits per heavy atom. The molecule has 6 heteroatoms. The van der Waals surface area contributed by atoms with Crippen LogP contribution >= 0.6 is 0 Å². The van der Waals surface area contributed by atoms with Crippen LogP contribution in [0.5, 0.6) is 0 Å². The second-order valence-corrected chi connectivity index (χ2v) is 5.02. The van der Waals surface area contributed by atoms with Gasteiger partial charge in [-0.1, -0.05) is 0 Å². The molecule has 12 heavy (non-hydrogen) atoms. The third-order valence-corrected chi connectivity index (χ3v) is 3.65. The van der Waals surface area contributed by atoms with Gasteiger partial charge < -0.3 is 4.90 Å². The van der Waals surface area contributed by atoms with Crippen LogP contribution in [0.3, 0.4) is 0 Å². The Morgan fingerprint density at radius 1 is 1.42 bits per heavy atom. The van der Waals surface area contributed by atoms with Crippen molar-refractivity contribution >= 4 is 10.2 Å². The van der Waals surface area contributed by atoms with Crippen molar-refractivity contribution in [3.8, 4) is 0 Å². The molecule has 1 aliphatic heterocycles. The zero-order chi connectivity index (χ0) is 9.35. The summed E-state index contributed by atoms with van der Waals surface area (Å²) in [6.45, 7) is 1.19. The monoisotopic (exact) mass is 193 g/mol. The van der Waals surface area contributed by atoms with Crippen LogP contribution < -0.4 is 4.72 Å². The molecule has 1 aliphatic rings. The first-order valence-electron chi connectivity index (χ1n) is 3.82. The van der Waals surface area contributed by atoms with E-state index in [9.17, 15) is 8.42 Å². The number of nitrogens with one attached hydrogen (secondary N) is 1. The quantitative estimate of drug-likeness (QED) is 0.606. The maximum absolute atomic E-state index is 11.1. The Hall–Kier alpha value is -0.170. The zero-order valence-corrected chi connectivity index (χ0v) is 8.43. The zero-order valence-electron chi connectivity index (χ0n) is 7.61. The van der Waals surface area contributed by atoms with Gasteiger partial charge in [0.15, 0.2) is 0 Å². The molecular formula is C6H15N3O2S. The first-order valence-corrected chi connectivity index (χ1v) is 5.26. The molecule has 0 aromatic carbocycles. The van der Waals surface area contributed by atoms with Gasteiger partial charge in [0.05, 0.1) is 0 Å². The third kappa shape index (κ3) is 1.77. The van der Waals surface area contributed by atoms with Gasteiger partial charge in [-0.25, -0.2) is 4.72 Å². The first kappa shape index (κ1) is 9.91. The van der Waals surface area contributed by atoms with Crippen LogP contribution in [0.2, 0.25) is 0 Å². The van der Waals surface area contributed by atoms with E-state index in [0.29, 0.717) is 19.1 Å². The Balaban J connectivity index is 2.45. The van der Waals surface area contributed by atoms with Crippen molar-refractivity contribution in [2.24, 2.45) is 0 Å². The molecule has 72 valence electrons. The van der Waals surface area contributed by atoms with Crippen molar-refractivity contribution in [1.29, 1.82) is 0 Å². The highest BCUT2D eigenvalue weighted by molar-refractivity contribution is 7.87. The van der Waals surface area contributed by atoms with Crippen LogP contribution in [0.4, 0.5) is 0 Å². The molecule has 1 N–H and O–H groups in total. The van der Waals surface area contributed by atoms with E-state index in [1.807, 2.05) is 19.0 Å². The van der Waals surface area contributed by atoms with Crippen LogP contribution in [0.25, 0.3) is 0 Å². The average molecular weight is 193 g/mol. The molecule has 1 rings (SSSR count). The summed E-state index contributed by atoms with van der Waals surface area (Å²) >= 11 is 0. The molecular weight excluding hydrogens is 178 g/mol. The van der Waals surface area contributed by atoms with Crippen molar-refractivity contribution in [3.05, 3.63) is 0 Å². The van der Waals surface area contributed by atoms with Crippen molar-refractivity contribution < 1.29 is 8.42 Å². The molecule has 0 unspecified atom stereocenters. The molecule has 1 heterocycles. The van der Waals surface area contributed by atoms with E-state index >= 15 is 0 Å². The minimum Gasteiger partial charge on any atom is -0.304 e. The van der Waals surface area contributed by atoms with Crippen molar-refractivity contribution in [3.63, 3.8) is 0 Å². The highest BCUT2D eigenvalue weighted by Crippen LogP contribution is 2.14. The average Bonchev–Trinajstić information content (AvgIpc) is 1.82. The molecule has 0 atom stereocenters. The third-order valence-electron chi connectivity index (χ3n) is 2.16. The molecule has 0 aliphatic carbocycles. The highest BCUT2D eigenvalue weighted by atomic mass is 32.2. The van der Waals surface area contributed by atoms with Crippen LogP contribution in [0.1, 0.15) is 0 Å². The fourth-order valence-corrected chi connectivity index (χ4v) is 2.06. The van der Waals surface area contributed by atoms with Gasteiger partial charge in [-0.05, 0) is 14.1 Å². The number of hydrogen-bond donors (Lipinski definition) is 1. The van der Waals surface area contributed by atoms with Crippen LogP contribution in [0.15, 0.2) is 0 Å². The molecule has 1 saturated heterocycles. The Labute approximate surface area is 73.5 Å². The second-order valence-electron chi connectivity index (χ2n) is 3.14. The molecule has 0 aromatic heterocycles. The fourth-order valence-electron chi connectivity index (χ4n) is 1.07. The van der Waals surface area contributed by atoms with Gasteiger partial charge in [-0.3, -0.25) is 0 Å². The maximum atomic E-state index is 11.1. The lowest BCUT2D eigenvalue weighted by atomic mass is 10.2. The highest BCUT2D eigenvalue weighted by Gasteiger charge is 2.35. The minimum atomic E-state index is -3.17. The predicted octanol–water partition coefficient (Wildman–Crippen LogP) is -1.30. The largest absolute Gasteiger partial charge is 0.304 e. The smallest absolute Gasteiger partial charge is 0.279 e. The van der Waals surface area contributed by atoms with Gasteiger partial charge in [0.2, 0.25) is 0 Å². The van der Waals surface area contributed by atoms with Gasteiger partial charge in [0.25, 0.3) is 10.2 Å². The SMILES string of the molecule is CNS(=O)(=O)N1CC(N(C)C)C1. The summed E-state index contributed by atoms with van der Waals surface area (Å²) in [5, 5.41) is 0. The number of nitrogens with zero attached hydrogens (tertiary/aromatic N) is 2. The van der Waals surface area contributed by atoms with Crippen molar-refractivity contribution in [1.82, 2.24) is 13.9 Å². The van der Waals surface area contributed by atoms with Crippen LogP contribution in [-0.4, -0.2) is 57.9 Å². The molecule has 5 nitrogen and oxygen atoms in total. The summed E-state index contributed by atoms with van der Waals surface area (Å²) in [4.78, 5) is 2.03. The van der Waals surface area contributed by atoms with Gasteiger partial charge in [0.1, 0.15) is 0 Å². The molecule has 0 amide bonds. The van der Waals surface area contributed by atoms with E-state index in [1.54, 1.807) is 0 Å². The topological polar surface area (TPSA) is 52.7 Å². The standard InChI is InChI=1S/C6H15N3O2S/c1-7-12(10,11)9-4-6(5-9)8(2)3/h6-7H,4-5H2,1-3H3. The Bertz CT molecular complexity index is 244. The number of rotatable bonds is 3. The van der Waals surface area contributed by atoms with Crippen molar-refractivity contribution in [2.45, 2.75) is 6.04 Å². The number of hydrogen-bond acceptors (Lipinski definition) is 3. The molecule has 0 spiro atoms. The predicted molar refractivity (Wildman–Crippen MR) is 47.0 cm³/mol. The molecule has 1 fully saturated rings. The summed E-state index contributed by atoms with van der Waals surface area (Å²) in [7, 11) is 2.16. The van der Waals surface area contributed by atoms with E-state index < -0.39 is 10.2 Å². The van der Waals surface area contributed by atoms with Gasteiger partial charge >= 0.3 is 0 Å². The summed E-state index contributed by atoms with van der Waals surface area (Å²) in [6, 6.07) is 0.369. The van der Waals surface area contributed by atoms with E-state index in [0.717, 1.165) is 0 Å². The van der Waals surface area contributed by atoms with E-state index in [2.05, 4.69) is 4.72 Å². The van der Waals surface area contributed by atoms with Crippen LogP contribution in [-0.2, 0) is 10.2 Å². The fraction of sp³-hybridized carbons (Fsp3) is 1.00. The molecule has 0 bridgehead atoms. The van der Waals surface area contributed by atoms with E-state index in [4.69, 9.17) is 0 Å². The minimum absolute atomic E-state index is 0.369. The normalized spacial score (nSPS) is 21.3. The van der Waals surface area contributed by atoms with Gasteiger partial charge in [-0.15, -0.1) is 0 Å². The first-order chi connectivity index (χ1) is 5.47. The summed E-state index contributed by atoms with van der Waals surface area (Å²) in [5.74, 6) is 0. The van der Waals surface area contributed by atoms with Gasteiger partial charge in [0, 0.05) is 26.2 Å². The Morgan fingerprint density at radius 3 is 2.25 bits per heavy atom. The lowest BCUT2D eigenvalue weighted by Gasteiger charge is -2.41. The van der Waals surface area contributed by atoms with Gasteiger partial charge in [-0.2, -0.15) is 12.7 Å².